The predicted molar refractivity (Wildman–Crippen MR) is 81.5 cm³/mol. The summed E-state index contributed by atoms with van der Waals surface area (Å²) in [7, 11) is 1.54. The summed E-state index contributed by atoms with van der Waals surface area (Å²) in [5, 5.41) is 10.6. The van der Waals surface area contributed by atoms with E-state index in [1.54, 1.807) is 4.57 Å². The van der Waals surface area contributed by atoms with Crippen molar-refractivity contribution in [3.63, 3.8) is 0 Å². The lowest BCUT2D eigenvalue weighted by Gasteiger charge is -2.19. The van der Waals surface area contributed by atoms with Crippen molar-refractivity contribution in [2.75, 3.05) is 19.5 Å². The predicted octanol–water partition coefficient (Wildman–Crippen LogP) is 0.107. The molecule has 1 fully saturated rings. The Balaban J connectivity index is 1.88. The molecule has 3 heterocycles. The van der Waals surface area contributed by atoms with E-state index >= 15 is 0 Å². The second kappa shape index (κ2) is 6.36. The van der Waals surface area contributed by atoms with E-state index in [0.29, 0.717) is 17.8 Å². The van der Waals surface area contributed by atoms with Gasteiger partial charge in [0, 0.05) is 7.11 Å². The Morgan fingerprint density at radius 3 is 2.87 bits per heavy atom. The third-order valence-corrected chi connectivity index (χ3v) is 3.84. The van der Waals surface area contributed by atoms with Crippen LogP contribution in [0.2, 0.25) is 0 Å². The fraction of sp³-hybridized carbons (Fsp3) is 0.643. The molecule has 0 aliphatic carbocycles. The minimum absolute atomic E-state index is 0.0638. The van der Waals surface area contributed by atoms with Crippen LogP contribution >= 0.6 is 0 Å². The van der Waals surface area contributed by atoms with Gasteiger partial charge in [-0.1, -0.05) is 0 Å². The zero-order chi connectivity index (χ0) is 16.6. The molecule has 23 heavy (non-hydrogen) atoms. The SMILES string of the molecule is COC1C(O)[C@H](n2cnc3c(N)ncnc32)O[C@@H]1COC(C)C. The highest BCUT2D eigenvalue weighted by Crippen LogP contribution is 2.33. The highest BCUT2D eigenvalue weighted by Gasteiger charge is 2.45. The van der Waals surface area contributed by atoms with Crippen LogP contribution in [0, 0.1) is 0 Å². The number of nitrogens with two attached hydrogens (primary N) is 1. The Kier molecular flexibility index (Phi) is 4.44. The molecular weight excluding hydrogens is 302 g/mol. The summed E-state index contributed by atoms with van der Waals surface area (Å²) in [5.74, 6) is 0.282. The minimum Gasteiger partial charge on any atom is -0.386 e. The number of aliphatic hydroxyl groups excluding tert-OH is 1. The summed E-state index contributed by atoms with van der Waals surface area (Å²) in [6.07, 6.45) is 0.490. The summed E-state index contributed by atoms with van der Waals surface area (Å²) in [6, 6.07) is 0. The summed E-state index contributed by atoms with van der Waals surface area (Å²) < 4.78 is 18.6. The molecule has 0 saturated carbocycles. The van der Waals surface area contributed by atoms with Crippen LogP contribution < -0.4 is 5.73 Å². The van der Waals surface area contributed by atoms with Crippen LogP contribution in [0.1, 0.15) is 20.1 Å². The average Bonchev–Trinajstić information content (AvgIpc) is 3.07. The smallest absolute Gasteiger partial charge is 0.167 e. The van der Waals surface area contributed by atoms with Crippen LogP contribution in [0.25, 0.3) is 11.2 Å². The van der Waals surface area contributed by atoms with Gasteiger partial charge in [0.15, 0.2) is 17.7 Å². The van der Waals surface area contributed by atoms with Crippen molar-refractivity contribution in [1.29, 1.82) is 0 Å². The third kappa shape index (κ3) is 2.88. The van der Waals surface area contributed by atoms with E-state index in [4.69, 9.17) is 19.9 Å². The standard InChI is InChI=1S/C14H21N5O4/c1-7(2)22-4-8-11(21-3)10(20)14(23-8)19-6-18-9-12(15)16-5-17-13(9)19/h5-8,10-11,14,20H,4H2,1-3H3,(H2,15,16,17)/t8-,10?,11?,14-/m1/s1. The van der Waals surface area contributed by atoms with Gasteiger partial charge < -0.3 is 25.1 Å². The number of nitrogens with zero attached hydrogens (tertiary/aromatic N) is 4. The van der Waals surface area contributed by atoms with Gasteiger partial charge >= 0.3 is 0 Å². The highest BCUT2D eigenvalue weighted by molar-refractivity contribution is 5.81. The van der Waals surface area contributed by atoms with E-state index in [1.165, 1.54) is 19.8 Å². The second-order valence-electron chi connectivity index (χ2n) is 5.72. The molecule has 3 N–H and O–H groups in total. The molecule has 9 nitrogen and oxygen atoms in total. The minimum atomic E-state index is -0.880. The fourth-order valence-corrected chi connectivity index (χ4v) is 2.72. The van der Waals surface area contributed by atoms with E-state index in [9.17, 15) is 5.11 Å². The lowest BCUT2D eigenvalue weighted by atomic mass is 10.1. The highest BCUT2D eigenvalue weighted by atomic mass is 16.6. The number of methoxy groups -OCH3 is 1. The quantitative estimate of drug-likeness (QED) is 0.796. The lowest BCUT2D eigenvalue weighted by molar-refractivity contribution is -0.0795. The van der Waals surface area contributed by atoms with Crippen molar-refractivity contribution in [3.8, 4) is 0 Å². The van der Waals surface area contributed by atoms with Crippen LogP contribution in [0.4, 0.5) is 5.82 Å². The number of anilines is 1. The van der Waals surface area contributed by atoms with Crippen LogP contribution in [0.15, 0.2) is 12.7 Å². The van der Waals surface area contributed by atoms with Crippen molar-refractivity contribution in [2.24, 2.45) is 0 Å². The van der Waals surface area contributed by atoms with Gasteiger partial charge in [0.05, 0.1) is 19.0 Å². The first-order valence-electron chi connectivity index (χ1n) is 7.43. The van der Waals surface area contributed by atoms with Gasteiger partial charge in [-0.25, -0.2) is 15.0 Å². The van der Waals surface area contributed by atoms with E-state index in [2.05, 4.69) is 15.0 Å². The molecule has 4 atom stereocenters. The lowest BCUT2D eigenvalue weighted by Crippen LogP contribution is -2.36. The van der Waals surface area contributed by atoms with Gasteiger partial charge in [-0.15, -0.1) is 0 Å². The number of fused-ring (bicyclic) bond motifs is 1. The van der Waals surface area contributed by atoms with E-state index < -0.39 is 18.4 Å². The second-order valence-corrected chi connectivity index (χ2v) is 5.72. The van der Waals surface area contributed by atoms with Crippen LogP contribution in [-0.2, 0) is 14.2 Å². The molecule has 1 aliphatic heterocycles. The maximum atomic E-state index is 10.6. The molecule has 2 aromatic heterocycles. The third-order valence-electron chi connectivity index (χ3n) is 3.84. The molecule has 0 aromatic carbocycles. The summed E-state index contributed by atoms with van der Waals surface area (Å²) >= 11 is 0. The van der Waals surface area contributed by atoms with Crippen LogP contribution in [0.5, 0.6) is 0 Å². The molecule has 1 aliphatic rings. The topological polar surface area (TPSA) is 118 Å². The first-order valence-corrected chi connectivity index (χ1v) is 7.43. The number of aromatic nitrogens is 4. The molecule has 0 radical (unpaired) electrons. The van der Waals surface area contributed by atoms with Gasteiger partial charge in [-0.3, -0.25) is 4.57 Å². The maximum Gasteiger partial charge on any atom is 0.167 e. The zero-order valence-corrected chi connectivity index (χ0v) is 13.3. The molecular formula is C14H21N5O4. The van der Waals surface area contributed by atoms with Crippen molar-refractivity contribution >= 4 is 17.0 Å². The Morgan fingerprint density at radius 2 is 2.17 bits per heavy atom. The molecule has 2 unspecified atom stereocenters. The molecule has 2 aromatic rings. The van der Waals surface area contributed by atoms with Gasteiger partial charge in [0.1, 0.15) is 30.2 Å². The Labute approximate surface area is 133 Å². The van der Waals surface area contributed by atoms with E-state index in [0.717, 1.165) is 0 Å². The zero-order valence-electron chi connectivity index (χ0n) is 13.3. The largest absolute Gasteiger partial charge is 0.386 e. The molecule has 0 amide bonds. The number of rotatable bonds is 5. The number of imidazole rings is 1. The molecule has 1 saturated heterocycles. The normalized spacial score (nSPS) is 28.0. The van der Waals surface area contributed by atoms with Gasteiger partial charge in [-0.2, -0.15) is 0 Å². The van der Waals surface area contributed by atoms with Gasteiger partial charge in [-0.05, 0) is 13.8 Å². The average molecular weight is 323 g/mol. The molecule has 0 bridgehead atoms. The van der Waals surface area contributed by atoms with Crippen molar-refractivity contribution in [1.82, 2.24) is 19.5 Å². The maximum absolute atomic E-state index is 10.6. The fourth-order valence-electron chi connectivity index (χ4n) is 2.72. The first-order chi connectivity index (χ1) is 11.0. The van der Waals surface area contributed by atoms with Crippen molar-refractivity contribution in [3.05, 3.63) is 12.7 Å². The Bertz CT molecular complexity index is 676. The van der Waals surface area contributed by atoms with Crippen molar-refractivity contribution < 1.29 is 19.3 Å². The summed E-state index contributed by atoms with van der Waals surface area (Å²) in [4.78, 5) is 12.3. The molecule has 0 spiro atoms. The van der Waals surface area contributed by atoms with Crippen LogP contribution in [-0.4, -0.2) is 62.8 Å². The summed E-state index contributed by atoms with van der Waals surface area (Å²) in [6.45, 7) is 4.20. The van der Waals surface area contributed by atoms with E-state index in [-0.39, 0.29) is 18.0 Å². The first kappa shape index (κ1) is 16.1. The van der Waals surface area contributed by atoms with Crippen LogP contribution in [0.3, 0.4) is 0 Å². The number of ether oxygens (including phenoxy) is 3. The van der Waals surface area contributed by atoms with Crippen molar-refractivity contribution in [2.45, 2.75) is 44.5 Å². The summed E-state index contributed by atoms with van der Waals surface area (Å²) in [5.41, 5.74) is 6.76. The number of aliphatic hydroxyl groups is 1. The number of hydrogen-bond acceptors (Lipinski definition) is 8. The molecule has 9 heteroatoms. The Hall–Kier alpha value is -1.81. The monoisotopic (exact) mass is 323 g/mol. The van der Waals surface area contributed by atoms with Gasteiger partial charge in [0.25, 0.3) is 0 Å². The number of nitrogen functional groups attached to an aromatic ring is 1. The van der Waals surface area contributed by atoms with Gasteiger partial charge in [0.2, 0.25) is 0 Å². The van der Waals surface area contributed by atoms with E-state index in [1.807, 2.05) is 13.8 Å². The molecule has 126 valence electrons. The Morgan fingerprint density at radius 1 is 1.39 bits per heavy atom. The molecule has 3 rings (SSSR count). The number of hydrogen-bond donors (Lipinski definition) is 2.